The van der Waals surface area contributed by atoms with Crippen LogP contribution in [-0.2, 0) is 22.4 Å². The van der Waals surface area contributed by atoms with Crippen LogP contribution in [0.1, 0.15) is 28.1 Å². The van der Waals surface area contributed by atoms with E-state index < -0.39 is 23.6 Å². The molecule has 3 aromatic carbocycles. The van der Waals surface area contributed by atoms with Gasteiger partial charge in [0.05, 0.1) is 11.3 Å². The van der Waals surface area contributed by atoms with Gasteiger partial charge in [-0.1, -0.05) is 29.8 Å². The maximum Gasteiger partial charge on any atom is 0.416 e. The number of ether oxygens (including phenoxy) is 1. The molecule has 2 heterocycles. The molecule has 0 bridgehead atoms. The number of benzene rings is 3. The number of halogens is 4. The van der Waals surface area contributed by atoms with Crippen LogP contribution < -0.4 is 15.0 Å². The second-order valence-corrected chi connectivity index (χ2v) is 10.4. The third kappa shape index (κ3) is 5.95. The van der Waals surface area contributed by atoms with E-state index in [0.29, 0.717) is 22.9 Å². The minimum Gasteiger partial charge on any atom is -0.489 e. The van der Waals surface area contributed by atoms with Crippen molar-refractivity contribution in [1.29, 1.82) is 0 Å². The van der Waals surface area contributed by atoms with Crippen molar-refractivity contribution >= 4 is 52.5 Å². The van der Waals surface area contributed by atoms with Crippen molar-refractivity contribution in [3.8, 4) is 11.4 Å². The number of amides is 2. The Kier molecular flexibility index (Phi) is 7.94. The zero-order valence-corrected chi connectivity index (χ0v) is 23.9. The molecule has 0 atom stereocenters. The molecule has 0 aliphatic carbocycles. The first kappa shape index (κ1) is 29.1. The molecule has 214 valence electrons. The second kappa shape index (κ2) is 11.5. The molecule has 0 unspecified atom stereocenters. The minimum atomic E-state index is -4.61. The molecule has 0 spiro atoms. The van der Waals surface area contributed by atoms with E-state index >= 15 is 0 Å². The Morgan fingerprint density at radius 2 is 1.64 bits per heavy atom. The highest BCUT2D eigenvalue weighted by atomic mass is 35.5. The van der Waals surface area contributed by atoms with Gasteiger partial charge in [-0.15, -0.1) is 0 Å². The Balaban J connectivity index is 1.40. The molecular weight excluding hydrogens is 587 g/mol. The van der Waals surface area contributed by atoms with Crippen LogP contribution in [-0.4, -0.2) is 21.5 Å². The van der Waals surface area contributed by atoms with E-state index in [0.717, 1.165) is 39.7 Å². The van der Waals surface area contributed by atoms with E-state index in [2.05, 4.69) is 5.32 Å². The number of carbonyl (C=O) groups is 2. The van der Waals surface area contributed by atoms with Crippen molar-refractivity contribution in [2.24, 2.45) is 0 Å². The summed E-state index contributed by atoms with van der Waals surface area (Å²) in [6.07, 6.45) is -3.20. The molecule has 4 aromatic rings. The molecule has 0 radical (unpaired) electrons. The molecular formula is C31H23ClF3N3O3S. The van der Waals surface area contributed by atoms with Crippen molar-refractivity contribution in [3.63, 3.8) is 0 Å². The first-order chi connectivity index (χ1) is 19.9. The van der Waals surface area contributed by atoms with E-state index in [1.165, 1.54) is 18.2 Å². The number of aromatic nitrogens is 1. The molecule has 11 heteroatoms. The van der Waals surface area contributed by atoms with Crippen LogP contribution in [0, 0.1) is 13.8 Å². The Labute approximate surface area is 250 Å². The van der Waals surface area contributed by atoms with E-state index in [1.807, 2.05) is 60.9 Å². The summed E-state index contributed by atoms with van der Waals surface area (Å²) in [5, 5.41) is 2.77. The Bertz CT molecular complexity index is 1730. The third-order valence-electron chi connectivity index (χ3n) is 6.72. The van der Waals surface area contributed by atoms with Gasteiger partial charge in [0.25, 0.3) is 11.8 Å². The number of nitrogens with zero attached hydrogens (tertiary/aromatic N) is 2. The number of alkyl halides is 3. The van der Waals surface area contributed by atoms with Crippen molar-refractivity contribution in [3.05, 3.63) is 118 Å². The summed E-state index contributed by atoms with van der Waals surface area (Å²) >= 11 is 11.1. The lowest BCUT2D eigenvalue weighted by Crippen LogP contribution is -2.54. The lowest BCUT2D eigenvalue weighted by Gasteiger charge is -2.29. The summed E-state index contributed by atoms with van der Waals surface area (Å²) in [6.45, 7) is 4.10. The van der Waals surface area contributed by atoms with Gasteiger partial charge in [0, 0.05) is 22.1 Å². The second-order valence-electron chi connectivity index (χ2n) is 9.58. The van der Waals surface area contributed by atoms with Gasteiger partial charge in [-0.25, -0.2) is 0 Å². The average Bonchev–Trinajstić information content (AvgIpc) is 3.23. The van der Waals surface area contributed by atoms with E-state index in [1.54, 1.807) is 12.1 Å². The van der Waals surface area contributed by atoms with Crippen LogP contribution in [0.5, 0.6) is 5.75 Å². The molecule has 1 N–H and O–H groups in total. The highest BCUT2D eigenvalue weighted by Gasteiger charge is 2.37. The lowest BCUT2D eigenvalue weighted by molar-refractivity contribution is -0.137. The highest BCUT2D eigenvalue weighted by molar-refractivity contribution is 7.80. The van der Waals surface area contributed by atoms with E-state index in [9.17, 15) is 22.8 Å². The van der Waals surface area contributed by atoms with Gasteiger partial charge in [-0.05, 0) is 104 Å². The number of nitrogens with one attached hydrogen (secondary N) is 1. The molecule has 42 heavy (non-hydrogen) atoms. The topological polar surface area (TPSA) is 63.6 Å². The molecule has 1 aliphatic rings. The van der Waals surface area contributed by atoms with Crippen LogP contribution in [0.25, 0.3) is 11.8 Å². The Morgan fingerprint density at radius 3 is 2.31 bits per heavy atom. The predicted octanol–water partition coefficient (Wildman–Crippen LogP) is 7.18. The van der Waals surface area contributed by atoms with Crippen LogP contribution in [0.3, 0.4) is 0 Å². The van der Waals surface area contributed by atoms with Crippen LogP contribution >= 0.6 is 23.8 Å². The first-order valence-electron chi connectivity index (χ1n) is 12.7. The number of aryl methyl sites for hydroxylation is 1. The standard InChI is InChI=1S/C31H23ClF3N3O3S/c1-18-14-21(19(2)37(18)24-10-12-26(13-11-24)41-17-20-6-8-23(32)9-7-20)15-27-28(39)36-30(42)38(29(27)40)25-5-3-4-22(16-25)31(33,34)35/h3-16H,17H2,1-2H3,(H,36,39,42)/b27-15+. The molecule has 5 rings (SSSR count). The molecule has 2 amide bonds. The minimum absolute atomic E-state index is 0.102. The molecule has 1 aliphatic heterocycles. The largest absolute Gasteiger partial charge is 0.489 e. The van der Waals surface area contributed by atoms with Gasteiger partial charge in [-0.2, -0.15) is 13.2 Å². The number of carbonyl (C=O) groups excluding carboxylic acids is 2. The summed E-state index contributed by atoms with van der Waals surface area (Å²) in [7, 11) is 0. The number of hydrogen-bond donors (Lipinski definition) is 1. The molecule has 0 saturated carbocycles. The van der Waals surface area contributed by atoms with Crippen LogP contribution in [0.2, 0.25) is 5.02 Å². The van der Waals surface area contributed by atoms with E-state index in [4.69, 9.17) is 28.6 Å². The lowest BCUT2D eigenvalue weighted by atomic mass is 10.1. The van der Waals surface area contributed by atoms with Crippen LogP contribution in [0.4, 0.5) is 18.9 Å². The SMILES string of the molecule is Cc1cc(/C=C2\C(=O)NC(=S)N(c3cccc(C(F)(F)F)c3)C2=O)c(C)n1-c1ccc(OCc2ccc(Cl)cc2)cc1. The van der Waals surface area contributed by atoms with Crippen LogP contribution in [0.15, 0.2) is 84.4 Å². The zero-order valence-electron chi connectivity index (χ0n) is 22.3. The Morgan fingerprint density at radius 1 is 0.952 bits per heavy atom. The fraction of sp³-hybridized carbons (Fsp3) is 0.129. The van der Waals surface area contributed by atoms with Crippen molar-refractivity contribution in [1.82, 2.24) is 9.88 Å². The average molecular weight is 610 g/mol. The monoisotopic (exact) mass is 609 g/mol. The van der Waals surface area contributed by atoms with E-state index in [-0.39, 0.29) is 16.4 Å². The molecule has 1 aromatic heterocycles. The van der Waals surface area contributed by atoms with Gasteiger partial charge < -0.3 is 9.30 Å². The fourth-order valence-corrected chi connectivity index (χ4v) is 5.05. The number of anilines is 1. The van der Waals surface area contributed by atoms with Gasteiger partial charge in [0.1, 0.15) is 17.9 Å². The van der Waals surface area contributed by atoms with Gasteiger partial charge >= 0.3 is 6.18 Å². The molecule has 1 saturated heterocycles. The zero-order chi connectivity index (χ0) is 30.2. The maximum absolute atomic E-state index is 13.4. The van der Waals surface area contributed by atoms with Crippen molar-refractivity contribution in [2.75, 3.05) is 4.90 Å². The summed E-state index contributed by atoms with van der Waals surface area (Å²) in [4.78, 5) is 27.1. The molecule has 1 fully saturated rings. The summed E-state index contributed by atoms with van der Waals surface area (Å²) < 4.78 is 47.7. The molecule has 6 nitrogen and oxygen atoms in total. The fourth-order valence-electron chi connectivity index (χ4n) is 4.64. The van der Waals surface area contributed by atoms with Crippen molar-refractivity contribution < 1.29 is 27.5 Å². The van der Waals surface area contributed by atoms with Gasteiger partial charge in [0.2, 0.25) is 0 Å². The number of rotatable bonds is 6. The number of hydrogen-bond acceptors (Lipinski definition) is 4. The maximum atomic E-state index is 13.4. The summed E-state index contributed by atoms with van der Waals surface area (Å²) in [5.74, 6) is -0.885. The normalized spacial score (nSPS) is 14.9. The summed E-state index contributed by atoms with van der Waals surface area (Å²) in [5.41, 5.74) is 2.68. The predicted molar refractivity (Wildman–Crippen MR) is 159 cm³/mol. The smallest absolute Gasteiger partial charge is 0.416 e. The van der Waals surface area contributed by atoms with Crippen molar-refractivity contribution in [2.45, 2.75) is 26.6 Å². The Hall–Kier alpha value is -4.41. The highest BCUT2D eigenvalue weighted by Crippen LogP contribution is 2.33. The first-order valence-corrected chi connectivity index (χ1v) is 13.5. The third-order valence-corrected chi connectivity index (χ3v) is 7.25. The van der Waals surface area contributed by atoms with Gasteiger partial charge in [-0.3, -0.25) is 19.8 Å². The quantitative estimate of drug-likeness (QED) is 0.143. The van der Waals surface area contributed by atoms with Gasteiger partial charge in [0.15, 0.2) is 5.11 Å². The summed E-state index contributed by atoms with van der Waals surface area (Å²) in [6, 6.07) is 20.9. The number of thiocarbonyl (C=S) groups is 1.